The third kappa shape index (κ3) is 3.99. The molecule has 0 aromatic heterocycles. The lowest BCUT2D eigenvalue weighted by molar-refractivity contribution is -0.153. The van der Waals surface area contributed by atoms with E-state index in [-0.39, 0.29) is 16.8 Å². The van der Waals surface area contributed by atoms with E-state index in [1.807, 2.05) is 0 Å². The second-order valence-corrected chi connectivity index (χ2v) is 6.90. The van der Waals surface area contributed by atoms with Gasteiger partial charge in [0.1, 0.15) is 0 Å². The highest BCUT2D eigenvalue weighted by molar-refractivity contribution is 5.80. The maximum absolute atomic E-state index is 12.2. The summed E-state index contributed by atoms with van der Waals surface area (Å²) in [5, 5.41) is 0. The van der Waals surface area contributed by atoms with Crippen molar-refractivity contribution in [3.8, 4) is 0 Å². The lowest BCUT2D eigenvalue weighted by Crippen LogP contribution is -2.36. The highest BCUT2D eigenvalue weighted by Gasteiger charge is 2.61. The average molecular weight is 282 g/mol. The van der Waals surface area contributed by atoms with E-state index in [9.17, 15) is 4.79 Å². The number of carbonyl (C=O) groups excluding carboxylic acids is 1. The van der Waals surface area contributed by atoms with Crippen molar-refractivity contribution >= 4 is 5.97 Å². The molecular weight excluding hydrogens is 248 g/mol. The van der Waals surface area contributed by atoms with Crippen LogP contribution in [0.5, 0.6) is 0 Å². The number of ether oxygens (including phenoxy) is 1. The first kappa shape index (κ1) is 17.5. The Morgan fingerprint density at radius 1 is 1.00 bits per heavy atom. The number of rotatable bonds is 11. The van der Waals surface area contributed by atoms with Crippen molar-refractivity contribution < 1.29 is 9.53 Å². The molecule has 1 unspecified atom stereocenters. The van der Waals surface area contributed by atoms with Crippen LogP contribution < -0.4 is 0 Å². The van der Waals surface area contributed by atoms with Gasteiger partial charge in [0.05, 0.1) is 12.5 Å². The highest BCUT2D eigenvalue weighted by Crippen LogP contribution is 2.63. The molecule has 20 heavy (non-hydrogen) atoms. The van der Waals surface area contributed by atoms with Crippen LogP contribution in [0.15, 0.2) is 0 Å². The van der Waals surface area contributed by atoms with Crippen LogP contribution in [0, 0.1) is 10.8 Å². The van der Waals surface area contributed by atoms with Gasteiger partial charge >= 0.3 is 5.97 Å². The molecular formula is C18H34O2. The van der Waals surface area contributed by atoms with Gasteiger partial charge in [0.15, 0.2) is 0 Å². The van der Waals surface area contributed by atoms with Crippen molar-refractivity contribution in [2.75, 3.05) is 7.11 Å². The van der Waals surface area contributed by atoms with Gasteiger partial charge in [-0.3, -0.25) is 4.79 Å². The number of hydrogen-bond donors (Lipinski definition) is 0. The molecule has 118 valence electrons. The van der Waals surface area contributed by atoms with E-state index in [2.05, 4.69) is 20.8 Å². The largest absolute Gasteiger partial charge is 0.469 e. The fourth-order valence-electron chi connectivity index (χ4n) is 3.66. The fourth-order valence-corrected chi connectivity index (χ4v) is 3.66. The standard InChI is InChI=1S/C18H34O2/c1-5-7-9-10-11-13-17(3,12-8-6-2)18(14-15-18)16(19)20-4/h5-15H2,1-4H3. The third-order valence-corrected chi connectivity index (χ3v) is 5.40. The number of hydrogen-bond acceptors (Lipinski definition) is 2. The molecule has 2 nitrogen and oxygen atoms in total. The Kier molecular flexibility index (Phi) is 7.05. The Morgan fingerprint density at radius 2 is 1.55 bits per heavy atom. The van der Waals surface area contributed by atoms with Crippen LogP contribution in [0.2, 0.25) is 0 Å². The maximum atomic E-state index is 12.2. The molecule has 1 saturated carbocycles. The molecule has 1 aliphatic rings. The summed E-state index contributed by atoms with van der Waals surface area (Å²) in [5.74, 6) is 0.0460. The van der Waals surface area contributed by atoms with Gasteiger partial charge in [-0.15, -0.1) is 0 Å². The molecule has 0 saturated heterocycles. The lowest BCUT2D eigenvalue weighted by atomic mass is 9.67. The SMILES string of the molecule is CCCCCCCC(C)(CCCC)C1(C(=O)OC)CC1. The minimum Gasteiger partial charge on any atom is -0.469 e. The second kappa shape index (κ2) is 8.05. The van der Waals surface area contributed by atoms with Crippen LogP contribution in [-0.4, -0.2) is 13.1 Å². The van der Waals surface area contributed by atoms with Gasteiger partial charge in [-0.25, -0.2) is 0 Å². The van der Waals surface area contributed by atoms with Crippen LogP contribution >= 0.6 is 0 Å². The van der Waals surface area contributed by atoms with Crippen molar-refractivity contribution in [3.05, 3.63) is 0 Å². The van der Waals surface area contributed by atoms with Gasteiger partial charge in [-0.1, -0.05) is 65.7 Å². The zero-order valence-corrected chi connectivity index (χ0v) is 14.1. The molecule has 2 heteroatoms. The van der Waals surface area contributed by atoms with E-state index in [0.717, 1.165) is 12.8 Å². The van der Waals surface area contributed by atoms with Crippen molar-refractivity contribution in [3.63, 3.8) is 0 Å². The van der Waals surface area contributed by atoms with Crippen LogP contribution in [0.25, 0.3) is 0 Å². The molecule has 1 atom stereocenters. The van der Waals surface area contributed by atoms with Gasteiger partial charge in [-0.2, -0.15) is 0 Å². The number of unbranched alkanes of at least 4 members (excludes halogenated alkanes) is 5. The monoisotopic (exact) mass is 282 g/mol. The number of methoxy groups -OCH3 is 1. The first-order chi connectivity index (χ1) is 9.56. The van der Waals surface area contributed by atoms with E-state index in [4.69, 9.17) is 4.74 Å². The zero-order chi connectivity index (χ0) is 15.1. The summed E-state index contributed by atoms with van der Waals surface area (Å²) in [5.41, 5.74) is 0.00396. The Morgan fingerprint density at radius 3 is 2.05 bits per heavy atom. The van der Waals surface area contributed by atoms with Gasteiger partial charge in [-0.05, 0) is 31.1 Å². The summed E-state index contributed by atoms with van der Waals surface area (Å²) in [7, 11) is 1.55. The summed E-state index contributed by atoms with van der Waals surface area (Å²) in [6.45, 7) is 6.83. The van der Waals surface area contributed by atoms with E-state index >= 15 is 0 Å². The first-order valence-electron chi connectivity index (χ1n) is 8.64. The molecule has 0 aromatic rings. The quantitative estimate of drug-likeness (QED) is 0.369. The molecule has 1 fully saturated rings. The van der Waals surface area contributed by atoms with Crippen molar-refractivity contribution in [2.45, 2.75) is 91.4 Å². The topological polar surface area (TPSA) is 26.3 Å². The molecule has 0 bridgehead atoms. The number of esters is 1. The van der Waals surface area contributed by atoms with Gasteiger partial charge < -0.3 is 4.74 Å². The molecule has 0 aliphatic heterocycles. The smallest absolute Gasteiger partial charge is 0.312 e. The summed E-state index contributed by atoms with van der Waals surface area (Å²) in [6.07, 6.45) is 13.4. The molecule has 0 heterocycles. The van der Waals surface area contributed by atoms with E-state index < -0.39 is 0 Å². The zero-order valence-electron chi connectivity index (χ0n) is 14.1. The van der Waals surface area contributed by atoms with Crippen LogP contribution in [-0.2, 0) is 9.53 Å². The molecule has 0 aromatic carbocycles. The van der Waals surface area contributed by atoms with Crippen molar-refractivity contribution in [1.82, 2.24) is 0 Å². The summed E-state index contributed by atoms with van der Waals surface area (Å²) in [6, 6.07) is 0. The van der Waals surface area contributed by atoms with E-state index in [0.29, 0.717) is 0 Å². The highest BCUT2D eigenvalue weighted by atomic mass is 16.5. The summed E-state index contributed by atoms with van der Waals surface area (Å²) >= 11 is 0. The predicted molar refractivity (Wildman–Crippen MR) is 84.7 cm³/mol. The Hall–Kier alpha value is -0.530. The Bertz CT molecular complexity index is 294. The predicted octanol–water partition coefficient (Wildman–Crippen LogP) is 5.50. The van der Waals surface area contributed by atoms with E-state index in [1.165, 1.54) is 57.8 Å². The Labute approximate surface area is 125 Å². The summed E-state index contributed by atoms with van der Waals surface area (Å²) < 4.78 is 5.11. The van der Waals surface area contributed by atoms with Crippen LogP contribution in [0.1, 0.15) is 91.4 Å². The molecule has 0 amide bonds. The normalized spacial score (nSPS) is 19.4. The molecule has 0 spiro atoms. The fraction of sp³-hybridized carbons (Fsp3) is 0.944. The van der Waals surface area contributed by atoms with Crippen LogP contribution in [0.3, 0.4) is 0 Å². The van der Waals surface area contributed by atoms with Crippen LogP contribution in [0.4, 0.5) is 0 Å². The maximum Gasteiger partial charge on any atom is 0.312 e. The second-order valence-electron chi connectivity index (χ2n) is 6.90. The summed E-state index contributed by atoms with van der Waals surface area (Å²) in [4.78, 5) is 12.2. The Balaban J connectivity index is 2.59. The van der Waals surface area contributed by atoms with Crippen molar-refractivity contribution in [1.29, 1.82) is 0 Å². The minimum atomic E-state index is -0.151. The van der Waals surface area contributed by atoms with Crippen molar-refractivity contribution in [2.24, 2.45) is 10.8 Å². The molecule has 1 aliphatic carbocycles. The first-order valence-corrected chi connectivity index (χ1v) is 8.64. The molecule has 0 radical (unpaired) electrons. The minimum absolute atomic E-state index is 0.0460. The molecule has 0 N–H and O–H groups in total. The van der Waals surface area contributed by atoms with Gasteiger partial charge in [0.2, 0.25) is 0 Å². The van der Waals surface area contributed by atoms with Gasteiger partial charge in [0, 0.05) is 0 Å². The molecule has 1 rings (SSSR count). The third-order valence-electron chi connectivity index (χ3n) is 5.40. The van der Waals surface area contributed by atoms with E-state index in [1.54, 1.807) is 7.11 Å². The van der Waals surface area contributed by atoms with Gasteiger partial charge in [0.25, 0.3) is 0 Å². The average Bonchev–Trinajstić information content (AvgIpc) is 3.26. The number of carbonyl (C=O) groups is 1. The lowest BCUT2D eigenvalue weighted by Gasteiger charge is -2.37.